The maximum absolute atomic E-state index is 11.6. The maximum atomic E-state index is 11.6. The van der Waals surface area contributed by atoms with Crippen LogP contribution in [0.1, 0.15) is 30.9 Å². The molecule has 1 aromatic rings. The normalized spacial score (nSPS) is 11.8. The Bertz CT molecular complexity index is 649. The van der Waals surface area contributed by atoms with Gasteiger partial charge in [-0.2, -0.15) is 0 Å². The maximum Gasteiger partial charge on any atom is 0.191 e. The van der Waals surface area contributed by atoms with Crippen molar-refractivity contribution in [1.29, 1.82) is 0 Å². The SMILES string of the molecule is CCCCOCCNC(=NC)NCc1ccc(S(C)(=O)=O)c(C)c1.I. The van der Waals surface area contributed by atoms with Crippen LogP contribution in [0, 0.1) is 6.92 Å². The Balaban J connectivity index is 0.00000576. The van der Waals surface area contributed by atoms with Crippen molar-refractivity contribution in [3.05, 3.63) is 29.3 Å². The molecule has 1 aromatic carbocycles. The van der Waals surface area contributed by atoms with Crippen LogP contribution in [0.5, 0.6) is 0 Å². The van der Waals surface area contributed by atoms with E-state index >= 15 is 0 Å². The predicted molar refractivity (Wildman–Crippen MR) is 114 cm³/mol. The summed E-state index contributed by atoms with van der Waals surface area (Å²) in [7, 11) is -1.46. The first-order chi connectivity index (χ1) is 11.4. The Labute approximate surface area is 168 Å². The minimum atomic E-state index is -3.18. The quantitative estimate of drug-likeness (QED) is 0.244. The minimum absolute atomic E-state index is 0. The molecule has 8 heteroatoms. The highest BCUT2D eigenvalue weighted by atomic mass is 127. The highest BCUT2D eigenvalue weighted by Gasteiger charge is 2.10. The van der Waals surface area contributed by atoms with Crippen LogP contribution in [0.4, 0.5) is 0 Å². The fourth-order valence-corrected chi connectivity index (χ4v) is 3.19. The zero-order chi connectivity index (χ0) is 18.0. The van der Waals surface area contributed by atoms with Gasteiger partial charge in [0.25, 0.3) is 0 Å². The average molecular weight is 483 g/mol. The van der Waals surface area contributed by atoms with E-state index < -0.39 is 9.84 Å². The van der Waals surface area contributed by atoms with Gasteiger partial charge in [-0.15, -0.1) is 24.0 Å². The largest absolute Gasteiger partial charge is 0.380 e. The summed E-state index contributed by atoms with van der Waals surface area (Å²) < 4.78 is 28.8. The second-order valence-electron chi connectivity index (χ2n) is 5.69. The van der Waals surface area contributed by atoms with Crippen molar-refractivity contribution < 1.29 is 13.2 Å². The third-order valence-corrected chi connectivity index (χ3v) is 4.76. The number of aryl methyl sites for hydroxylation is 1. The molecule has 0 atom stereocenters. The lowest BCUT2D eigenvalue weighted by atomic mass is 10.1. The van der Waals surface area contributed by atoms with E-state index in [2.05, 4.69) is 22.5 Å². The van der Waals surface area contributed by atoms with E-state index in [1.807, 2.05) is 12.1 Å². The van der Waals surface area contributed by atoms with Crippen LogP contribution in [0.3, 0.4) is 0 Å². The Morgan fingerprint density at radius 3 is 2.52 bits per heavy atom. The van der Waals surface area contributed by atoms with Crippen LogP contribution in [0.15, 0.2) is 28.1 Å². The number of halogens is 1. The third kappa shape index (κ3) is 9.41. The monoisotopic (exact) mass is 483 g/mol. The van der Waals surface area contributed by atoms with Gasteiger partial charge in [-0.05, 0) is 30.5 Å². The van der Waals surface area contributed by atoms with E-state index in [0.717, 1.165) is 30.6 Å². The second-order valence-corrected chi connectivity index (χ2v) is 7.67. The van der Waals surface area contributed by atoms with Crippen molar-refractivity contribution >= 4 is 39.8 Å². The number of nitrogens with zero attached hydrogens (tertiary/aromatic N) is 1. The van der Waals surface area contributed by atoms with E-state index in [1.54, 1.807) is 20.0 Å². The zero-order valence-corrected chi connectivity index (χ0v) is 18.6. The number of benzene rings is 1. The van der Waals surface area contributed by atoms with E-state index in [1.165, 1.54) is 6.26 Å². The minimum Gasteiger partial charge on any atom is -0.380 e. The lowest BCUT2D eigenvalue weighted by Gasteiger charge is -2.13. The van der Waals surface area contributed by atoms with Crippen LogP contribution >= 0.6 is 24.0 Å². The van der Waals surface area contributed by atoms with Crippen molar-refractivity contribution in [3.63, 3.8) is 0 Å². The van der Waals surface area contributed by atoms with E-state index in [0.29, 0.717) is 30.6 Å². The number of unbranched alkanes of at least 4 members (excludes halogenated alkanes) is 1. The number of aliphatic imine (C=N–C) groups is 1. The Morgan fingerprint density at radius 2 is 1.96 bits per heavy atom. The summed E-state index contributed by atoms with van der Waals surface area (Å²) in [6.07, 6.45) is 3.44. The topological polar surface area (TPSA) is 79.8 Å². The van der Waals surface area contributed by atoms with E-state index in [9.17, 15) is 8.42 Å². The average Bonchev–Trinajstić information content (AvgIpc) is 2.52. The van der Waals surface area contributed by atoms with Crippen LogP contribution in [0.2, 0.25) is 0 Å². The summed E-state index contributed by atoms with van der Waals surface area (Å²) in [5, 5.41) is 6.39. The molecular formula is C17H30IN3O3S. The molecule has 0 radical (unpaired) electrons. The standard InChI is InChI=1S/C17H29N3O3S.HI/c1-5-6-10-23-11-9-19-17(18-3)20-13-15-7-8-16(14(2)12-15)24(4,21)22;/h7-8,12H,5-6,9-11,13H2,1-4H3,(H2,18,19,20);1H. The second kappa shape index (κ2) is 12.5. The molecule has 144 valence electrons. The van der Waals surface area contributed by atoms with E-state index in [4.69, 9.17) is 4.74 Å². The van der Waals surface area contributed by atoms with Gasteiger partial charge >= 0.3 is 0 Å². The molecular weight excluding hydrogens is 453 g/mol. The predicted octanol–water partition coefficient (Wildman–Crippen LogP) is 2.50. The first-order valence-corrected chi connectivity index (χ1v) is 10.1. The number of rotatable bonds is 9. The molecule has 25 heavy (non-hydrogen) atoms. The molecule has 1 rings (SSSR count). The van der Waals surface area contributed by atoms with Crippen LogP contribution < -0.4 is 10.6 Å². The van der Waals surface area contributed by atoms with Crippen molar-refractivity contribution in [3.8, 4) is 0 Å². The zero-order valence-electron chi connectivity index (χ0n) is 15.5. The smallest absolute Gasteiger partial charge is 0.191 e. The summed E-state index contributed by atoms with van der Waals surface area (Å²) in [6.45, 7) is 6.63. The number of nitrogens with one attached hydrogen (secondary N) is 2. The lowest BCUT2D eigenvalue weighted by molar-refractivity contribution is 0.136. The molecule has 0 saturated carbocycles. The summed E-state index contributed by atoms with van der Waals surface area (Å²) in [6, 6.07) is 5.35. The molecule has 2 N–H and O–H groups in total. The fourth-order valence-electron chi connectivity index (χ4n) is 2.23. The summed E-state index contributed by atoms with van der Waals surface area (Å²) in [5.74, 6) is 0.693. The van der Waals surface area contributed by atoms with Gasteiger partial charge in [0.2, 0.25) is 0 Å². The van der Waals surface area contributed by atoms with Crippen LogP contribution in [-0.4, -0.2) is 47.4 Å². The lowest BCUT2D eigenvalue weighted by Crippen LogP contribution is -2.38. The molecule has 0 spiro atoms. The van der Waals surface area contributed by atoms with Gasteiger partial charge in [-0.25, -0.2) is 8.42 Å². The van der Waals surface area contributed by atoms with Gasteiger partial charge in [-0.1, -0.05) is 25.5 Å². The summed E-state index contributed by atoms with van der Waals surface area (Å²) in [4.78, 5) is 4.53. The highest BCUT2D eigenvalue weighted by molar-refractivity contribution is 14.0. The number of hydrogen-bond acceptors (Lipinski definition) is 4. The fraction of sp³-hybridized carbons (Fsp3) is 0.588. The van der Waals surface area contributed by atoms with Gasteiger partial charge in [0, 0.05) is 33.0 Å². The highest BCUT2D eigenvalue weighted by Crippen LogP contribution is 2.16. The van der Waals surface area contributed by atoms with Crippen LogP contribution in [0.25, 0.3) is 0 Å². The van der Waals surface area contributed by atoms with Crippen molar-refractivity contribution in [2.45, 2.75) is 38.1 Å². The molecule has 0 amide bonds. The Kier molecular flexibility index (Phi) is 12.0. The molecule has 0 fully saturated rings. The van der Waals surface area contributed by atoms with Crippen LogP contribution in [-0.2, 0) is 21.1 Å². The molecule has 0 aliphatic rings. The van der Waals surface area contributed by atoms with Gasteiger partial charge in [0.05, 0.1) is 11.5 Å². The molecule has 6 nitrogen and oxygen atoms in total. The van der Waals surface area contributed by atoms with Crippen molar-refractivity contribution in [2.75, 3.05) is 33.1 Å². The van der Waals surface area contributed by atoms with Gasteiger partial charge in [-0.3, -0.25) is 4.99 Å². The number of guanidine groups is 1. The molecule has 0 aliphatic heterocycles. The number of ether oxygens (including phenoxy) is 1. The Morgan fingerprint density at radius 1 is 1.24 bits per heavy atom. The van der Waals surface area contributed by atoms with E-state index in [-0.39, 0.29) is 24.0 Å². The molecule has 0 aliphatic carbocycles. The number of hydrogen-bond donors (Lipinski definition) is 2. The molecule has 0 bridgehead atoms. The van der Waals surface area contributed by atoms with Crippen molar-refractivity contribution in [2.24, 2.45) is 4.99 Å². The first-order valence-electron chi connectivity index (χ1n) is 8.20. The number of sulfone groups is 1. The van der Waals surface area contributed by atoms with Gasteiger partial charge in [0.1, 0.15) is 0 Å². The first kappa shape index (κ1) is 24.1. The third-order valence-electron chi connectivity index (χ3n) is 3.50. The summed E-state index contributed by atoms with van der Waals surface area (Å²) in [5.41, 5.74) is 1.76. The molecule has 0 saturated heterocycles. The van der Waals surface area contributed by atoms with Gasteiger partial charge in [0.15, 0.2) is 15.8 Å². The Hall–Kier alpha value is -0.870. The molecule has 0 heterocycles. The van der Waals surface area contributed by atoms with Crippen molar-refractivity contribution in [1.82, 2.24) is 10.6 Å². The molecule has 0 aromatic heterocycles. The van der Waals surface area contributed by atoms with Gasteiger partial charge < -0.3 is 15.4 Å². The summed E-state index contributed by atoms with van der Waals surface area (Å²) >= 11 is 0. The molecule has 0 unspecified atom stereocenters.